The maximum Gasteiger partial charge on any atom is 0.291 e. The van der Waals surface area contributed by atoms with Gasteiger partial charge in [0.2, 0.25) is 0 Å². The van der Waals surface area contributed by atoms with Gasteiger partial charge >= 0.3 is 0 Å². The van der Waals surface area contributed by atoms with Crippen LogP contribution in [0.3, 0.4) is 0 Å². The Labute approximate surface area is 143 Å². The van der Waals surface area contributed by atoms with Gasteiger partial charge in [-0.3, -0.25) is 13.9 Å². The van der Waals surface area contributed by atoms with Crippen LogP contribution in [0.15, 0.2) is 46.2 Å². The lowest BCUT2D eigenvalue weighted by molar-refractivity contribution is 0.592. The molecule has 3 rings (SSSR count). The monoisotopic (exact) mass is 366 g/mol. The highest BCUT2D eigenvalue weighted by atomic mass is 35.5. The van der Waals surface area contributed by atoms with E-state index in [-0.39, 0.29) is 16.0 Å². The molecule has 0 saturated heterocycles. The first kappa shape index (κ1) is 16.5. The largest absolute Gasteiger partial charge is 0.298 e. The summed E-state index contributed by atoms with van der Waals surface area (Å²) in [6.07, 6.45) is 1.38. The van der Waals surface area contributed by atoms with Crippen molar-refractivity contribution in [2.45, 2.75) is 25.3 Å². The van der Waals surface area contributed by atoms with Crippen LogP contribution in [0.4, 0.5) is 5.69 Å². The fraction of sp³-hybridized carbons (Fsp3) is 0.200. The van der Waals surface area contributed by atoms with E-state index in [1.165, 1.54) is 27.4 Å². The van der Waals surface area contributed by atoms with Crippen LogP contribution >= 0.6 is 11.6 Å². The lowest BCUT2D eigenvalue weighted by Gasteiger charge is -2.06. The van der Waals surface area contributed by atoms with Crippen LogP contribution in [0.5, 0.6) is 0 Å². The number of hydrogen-bond donors (Lipinski definition) is 1. The molecule has 1 N–H and O–H groups in total. The molecule has 0 aliphatic carbocycles. The Kier molecular flexibility index (Phi) is 4.10. The summed E-state index contributed by atoms with van der Waals surface area (Å²) in [6.45, 7) is 3.91. The van der Waals surface area contributed by atoms with Crippen LogP contribution in [0.1, 0.15) is 12.7 Å². The summed E-state index contributed by atoms with van der Waals surface area (Å²) in [5.41, 5.74) is 0.265. The normalized spacial score (nSPS) is 11.8. The van der Waals surface area contributed by atoms with Crippen molar-refractivity contribution in [3.63, 3.8) is 0 Å². The number of nitrogens with one attached hydrogen (secondary N) is 1. The predicted octanol–water partition coefficient (Wildman–Crippen LogP) is 2.28. The number of anilines is 1. The van der Waals surface area contributed by atoms with Crippen molar-refractivity contribution in [3.8, 4) is 0 Å². The minimum absolute atomic E-state index is 0.0154. The van der Waals surface area contributed by atoms with Crippen molar-refractivity contribution >= 4 is 32.8 Å². The molecule has 0 spiro atoms. The lowest BCUT2D eigenvalue weighted by atomic mass is 10.3. The molecule has 0 aliphatic rings. The van der Waals surface area contributed by atoms with E-state index in [1.54, 1.807) is 32.0 Å². The number of rotatable bonds is 4. The minimum Gasteiger partial charge on any atom is -0.298 e. The Hall–Kier alpha value is -2.32. The second kappa shape index (κ2) is 5.95. The molecule has 0 saturated carbocycles. The number of hydrogen-bond acceptors (Lipinski definition) is 4. The van der Waals surface area contributed by atoms with E-state index >= 15 is 0 Å². The second-order valence-corrected chi connectivity index (χ2v) is 7.33. The van der Waals surface area contributed by atoms with Crippen molar-refractivity contribution in [3.05, 3.63) is 57.7 Å². The van der Waals surface area contributed by atoms with Gasteiger partial charge in [0.05, 0.1) is 5.69 Å². The van der Waals surface area contributed by atoms with Gasteiger partial charge in [0.15, 0.2) is 0 Å². The molecule has 0 atom stereocenters. The second-order valence-electron chi connectivity index (χ2n) is 5.22. The van der Waals surface area contributed by atoms with E-state index in [2.05, 4.69) is 9.82 Å². The van der Waals surface area contributed by atoms with Crippen LogP contribution < -0.4 is 10.3 Å². The molecular weight excluding hydrogens is 352 g/mol. The number of fused-ring (bicyclic) bond motifs is 1. The minimum atomic E-state index is -3.85. The molecule has 0 bridgehead atoms. The van der Waals surface area contributed by atoms with Crippen molar-refractivity contribution in [1.29, 1.82) is 0 Å². The molecule has 126 valence electrons. The highest BCUT2D eigenvalue weighted by molar-refractivity contribution is 7.92. The Balaban J connectivity index is 2.10. The van der Waals surface area contributed by atoms with E-state index in [0.29, 0.717) is 23.1 Å². The fourth-order valence-corrected chi connectivity index (χ4v) is 3.66. The van der Waals surface area contributed by atoms with E-state index in [0.717, 1.165) is 0 Å². The Morgan fingerprint density at radius 3 is 2.71 bits per heavy atom. The van der Waals surface area contributed by atoms with E-state index in [9.17, 15) is 13.2 Å². The third-order valence-electron chi connectivity index (χ3n) is 3.55. The van der Waals surface area contributed by atoms with Gasteiger partial charge in [0, 0.05) is 17.8 Å². The first-order valence-corrected chi connectivity index (χ1v) is 9.06. The first-order chi connectivity index (χ1) is 11.3. The molecule has 3 aromatic rings. The number of nitrogens with zero attached hydrogens (tertiary/aromatic N) is 3. The van der Waals surface area contributed by atoms with E-state index in [1.807, 2.05) is 0 Å². The molecule has 2 heterocycles. The molecule has 0 aliphatic heterocycles. The Morgan fingerprint density at radius 1 is 1.29 bits per heavy atom. The smallest absolute Gasteiger partial charge is 0.291 e. The van der Waals surface area contributed by atoms with Crippen LogP contribution in [-0.4, -0.2) is 22.6 Å². The van der Waals surface area contributed by atoms with Crippen LogP contribution in [0.25, 0.3) is 5.52 Å². The van der Waals surface area contributed by atoms with Gasteiger partial charge in [-0.05, 0) is 38.1 Å². The Morgan fingerprint density at radius 2 is 2.04 bits per heavy atom. The molecule has 0 unspecified atom stereocenters. The molecule has 0 amide bonds. The zero-order chi connectivity index (χ0) is 17.5. The molecule has 7 nitrogen and oxygen atoms in total. The van der Waals surface area contributed by atoms with Crippen molar-refractivity contribution in [2.75, 3.05) is 4.72 Å². The van der Waals surface area contributed by atoms with Gasteiger partial charge < -0.3 is 0 Å². The van der Waals surface area contributed by atoms with Crippen molar-refractivity contribution in [2.24, 2.45) is 0 Å². The van der Waals surface area contributed by atoms with Crippen LogP contribution in [-0.2, 0) is 16.6 Å². The first-order valence-electron chi connectivity index (χ1n) is 7.20. The topological polar surface area (TPSA) is 85.5 Å². The summed E-state index contributed by atoms with van der Waals surface area (Å²) in [4.78, 5) is 12.3. The standard InChI is InChI=1S/C15H15ClN4O3S/c1-3-20-15(21)14-8-13(9-19(14)10(2)17-20)24(22,23)18-12-6-4-5-11(16)7-12/h4-9,18H,3H2,1-2H3. The summed E-state index contributed by atoms with van der Waals surface area (Å²) in [6, 6.07) is 7.73. The lowest BCUT2D eigenvalue weighted by Crippen LogP contribution is -2.25. The molecular formula is C15H15ClN4O3S. The molecule has 9 heteroatoms. The third kappa shape index (κ3) is 2.90. The summed E-state index contributed by atoms with van der Waals surface area (Å²) in [5.74, 6) is 0.524. The molecule has 2 aromatic heterocycles. The van der Waals surface area contributed by atoms with Crippen molar-refractivity contribution in [1.82, 2.24) is 14.2 Å². The van der Waals surface area contributed by atoms with Gasteiger partial charge in [0.1, 0.15) is 16.2 Å². The summed E-state index contributed by atoms with van der Waals surface area (Å²) < 4.78 is 30.3. The fourth-order valence-electron chi connectivity index (χ4n) is 2.40. The quantitative estimate of drug-likeness (QED) is 0.767. The van der Waals surface area contributed by atoms with Gasteiger partial charge in [-0.15, -0.1) is 0 Å². The average molecular weight is 367 g/mol. The summed E-state index contributed by atoms with van der Waals surface area (Å²) >= 11 is 5.87. The third-order valence-corrected chi connectivity index (χ3v) is 5.13. The number of aromatic nitrogens is 3. The average Bonchev–Trinajstić information content (AvgIpc) is 2.97. The SMILES string of the molecule is CCn1nc(C)n2cc(S(=O)(=O)Nc3cccc(Cl)c3)cc2c1=O. The maximum atomic E-state index is 12.6. The zero-order valence-corrected chi connectivity index (χ0v) is 14.6. The number of halogens is 1. The number of aryl methyl sites for hydroxylation is 2. The highest BCUT2D eigenvalue weighted by Crippen LogP contribution is 2.20. The van der Waals surface area contributed by atoms with Gasteiger partial charge in [-0.1, -0.05) is 17.7 Å². The molecule has 0 radical (unpaired) electrons. The van der Waals surface area contributed by atoms with Gasteiger partial charge in [0.25, 0.3) is 15.6 Å². The van der Waals surface area contributed by atoms with Crippen LogP contribution in [0.2, 0.25) is 5.02 Å². The van der Waals surface area contributed by atoms with Crippen molar-refractivity contribution < 1.29 is 8.42 Å². The maximum absolute atomic E-state index is 12.6. The molecule has 24 heavy (non-hydrogen) atoms. The molecule has 1 aromatic carbocycles. The Bertz CT molecular complexity index is 1090. The predicted molar refractivity (Wildman–Crippen MR) is 92.1 cm³/mol. The number of sulfonamides is 1. The highest BCUT2D eigenvalue weighted by Gasteiger charge is 2.19. The van der Waals surface area contributed by atoms with Crippen LogP contribution in [0, 0.1) is 6.92 Å². The van der Waals surface area contributed by atoms with Gasteiger partial charge in [-0.25, -0.2) is 13.1 Å². The van der Waals surface area contributed by atoms with E-state index < -0.39 is 10.0 Å². The molecule has 0 fully saturated rings. The van der Waals surface area contributed by atoms with Gasteiger partial charge in [-0.2, -0.15) is 5.10 Å². The number of benzene rings is 1. The zero-order valence-electron chi connectivity index (χ0n) is 13.0. The summed E-state index contributed by atoms with van der Waals surface area (Å²) in [5, 5.41) is 4.56. The summed E-state index contributed by atoms with van der Waals surface area (Å²) in [7, 11) is -3.85. The van der Waals surface area contributed by atoms with E-state index in [4.69, 9.17) is 11.6 Å².